The Bertz CT molecular complexity index is 793. The summed E-state index contributed by atoms with van der Waals surface area (Å²) in [6.45, 7) is 2.90. The zero-order valence-corrected chi connectivity index (χ0v) is 14.2. The molecule has 1 aliphatic heterocycles. The zero-order chi connectivity index (χ0) is 17.8. The molecule has 25 heavy (non-hydrogen) atoms. The van der Waals surface area contributed by atoms with E-state index in [-0.39, 0.29) is 18.5 Å². The minimum absolute atomic E-state index is 0.0138. The third-order valence-electron chi connectivity index (χ3n) is 3.99. The third-order valence-corrected chi connectivity index (χ3v) is 3.99. The van der Waals surface area contributed by atoms with E-state index in [0.29, 0.717) is 30.3 Å². The number of amides is 3. The smallest absolute Gasteiger partial charge is 0.325 e. The van der Waals surface area contributed by atoms with Gasteiger partial charge in [0.25, 0.3) is 0 Å². The fourth-order valence-corrected chi connectivity index (χ4v) is 2.77. The van der Waals surface area contributed by atoms with Crippen molar-refractivity contribution in [2.24, 2.45) is 0 Å². The van der Waals surface area contributed by atoms with Gasteiger partial charge in [-0.1, -0.05) is 12.1 Å². The second-order valence-electron chi connectivity index (χ2n) is 5.79. The Balaban J connectivity index is 1.65. The number of aromatic nitrogens is 1. The van der Waals surface area contributed by atoms with Gasteiger partial charge < -0.3 is 15.0 Å². The lowest BCUT2D eigenvalue weighted by molar-refractivity contribution is -0.116. The molecular weight excluding hydrogens is 320 g/mol. The standard InChI is InChI=1S/C18H20N4O3/c1-13-7-8-19-16(11-13)20-17(23)12-21-9-10-22(18(21)24)14-5-3-4-6-15(14)25-2/h3-8,11H,9-10,12H2,1-2H3,(H,19,20,23). The van der Waals surface area contributed by atoms with Crippen LogP contribution in [0.4, 0.5) is 16.3 Å². The summed E-state index contributed by atoms with van der Waals surface area (Å²) >= 11 is 0. The molecule has 1 fully saturated rings. The maximum absolute atomic E-state index is 12.6. The molecule has 3 rings (SSSR count). The van der Waals surface area contributed by atoms with E-state index in [4.69, 9.17) is 4.74 Å². The number of ether oxygens (including phenoxy) is 1. The van der Waals surface area contributed by atoms with Crippen LogP contribution in [0.3, 0.4) is 0 Å². The van der Waals surface area contributed by atoms with E-state index < -0.39 is 0 Å². The van der Waals surface area contributed by atoms with Crippen LogP contribution < -0.4 is 15.0 Å². The third kappa shape index (κ3) is 3.71. The molecule has 0 aliphatic carbocycles. The molecule has 1 aromatic heterocycles. The summed E-state index contributed by atoms with van der Waals surface area (Å²) in [4.78, 5) is 32.0. The van der Waals surface area contributed by atoms with Crippen LogP contribution in [0.5, 0.6) is 5.75 Å². The van der Waals surface area contributed by atoms with Crippen molar-refractivity contribution in [1.29, 1.82) is 0 Å². The Morgan fingerprint density at radius 1 is 1.28 bits per heavy atom. The van der Waals surface area contributed by atoms with Crippen LogP contribution in [0.1, 0.15) is 5.56 Å². The summed E-state index contributed by atoms with van der Waals surface area (Å²) < 4.78 is 5.31. The highest BCUT2D eigenvalue weighted by Gasteiger charge is 2.32. The van der Waals surface area contributed by atoms with Crippen LogP contribution in [-0.4, -0.2) is 48.6 Å². The normalized spacial score (nSPS) is 13.9. The molecule has 2 aromatic rings. The van der Waals surface area contributed by atoms with E-state index in [9.17, 15) is 9.59 Å². The number of methoxy groups -OCH3 is 1. The molecule has 0 spiro atoms. The lowest BCUT2D eigenvalue weighted by Gasteiger charge is -2.20. The number of benzene rings is 1. The number of nitrogens with one attached hydrogen (secondary N) is 1. The van der Waals surface area contributed by atoms with Crippen LogP contribution >= 0.6 is 0 Å². The number of carbonyl (C=O) groups is 2. The summed E-state index contributed by atoms with van der Waals surface area (Å²) in [6.07, 6.45) is 1.63. The number of urea groups is 1. The Kier molecular flexibility index (Phi) is 4.83. The molecular formula is C18H20N4O3. The Morgan fingerprint density at radius 2 is 2.08 bits per heavy atom. The van der Waals surface area contributed by atoms with E-state index in [0.717, 1.165) is 5.56 Å². The Hall–Kier alpha value is -3.09. The average molecular weight is 340 g/mol. The Morgan fingerprint density at radius 3 is 2.84 bits per heavy atom. The van der Waals surface area contributed by atoms with Crippen molar-refractivity contribution in [3.05, 3.63) is 48.2 Å². The molecule has 0 saturated carbocycles. The maximum Gasteiger partial charge on any atom is 0.325 e. The topological polar surface area (TPSA) is 74.8 Å². The number of carbonyl (C=O) groups excluding carboxylic acids is 2. The fraction of sp³-hybridized carbons (Fsp3) is 0.278. The second kappa shape index (κ2) is 7.21. The lowest BCUT2D eigenvalue weighted by Crippen LogP contribution is -2.37. The number of hydrogen-bond donors (Lipinski definition) is 1. The van der Waals surface area contributed by atoms with E-state index in [1.165, 1.54) is 4.90 Å². The molecule has 7 nitrogen and oxygen atoms in total. The number of hydrogen-bond acceptors (Lipinski definition) is 4. The molecule has 1 aliphatic rings. The number of rotatable bonds is 5. The average Bonchev–Trinajstić information content (AvgIpc) is 2.95. The highest BCUT2D eigenvalue weighted by Crippen LogP contribution is 2.30. The molecule has 1 aromatic carbocycles. The molecule has 1 N–H and O–H groups in total. The predicted octanol–water partition coefficient (Wildman–Crippen LogP) is 2.28. The highest BCUT2D eigenvalue weighted by molar-refractivity contribution is 5.99. The largest absolute Gasteiger partial charge is 0.495 e. The van der Waals surface area contributed by atoms with Crippen molar-refractivity contribution >= 4 is 23.4 Å². The maximum atomic E-state index is 12.6. The van der Waals surface area contributed by atoms with Crippen molar-refractivity contribution < 1.29 is 14.3 Å². The van der Waals surface area contributed by atoms with Gasteiger partial charge in [0.2, 0.25) is 5.91 Å². The van der Waals surface area contributed by atoms with Gasteiger partial charge >= 0.3 is 6.03 Å². The van der Waals surface area contributed by atoms with Crippen LogP contribution in [0.2, 0.25) is 0 Å². The first-order chi connectivity index (χ1) is 12.1. The molecule has 130 valence electrons. The van der Waals surface area contributed by atoms with Gasteiger partial charge in [-0.2, -0.15) is 0 Å². The van der Waals surface area contributed by atoms with Gasteiger partial charge in [-0.25, -0.2) is 9.78 Å². The van der Waals surface area contributed by atoms with Gasteiger partial charge in [0.15, 0.2) is 0 Å². The van der Waals surface area contributed by atoms with Crippen molar-refractivity contribution in [3.8, 4) is 5.75 Å². The number of para-hydroxylation sites is 2. The number of pyridine rings is 1. The second-order valence-corrected chi connectivity index (χ2v) is 5.79. The summed E-state index contributed by atoms with van der Waals surface area (Å²) in [5.41, 5.74) is 1.71. The first-order valence-electron chi connectivity index (χ1n) is 8.00. The van der Waals surface area contributed by atoms with Crippen molar-refractivity contribution in [3.63, 3.8) is 0 Å². The summed E-state index contributed by atoms with van der Waals surface area (Å²) in [5, 5.41) is 2.72. The molecule has 0 atom stereocenters. The molecule has 1 saturated heterocycles. The van der Waals surface area contributed by atoms with Gasteiger partial charge in [-0.05, 0) is 36.8 Å². The first kappa shape index (κ1) is 16.8. The van der Waals surface area contributed by atoms with Crippen molar-refractivity contribution in [2.45, 2.75) is 6.92 Å². The summed E-state index contributed by atoms with van der Waals surface area (Å²) in [7, 11) is 1.57. The minimum atomic E-state index is -0.270. The molecule has 0 unspecified atom stereocenters. The number of nitrogens with zero attached hydrogens (tertiary/aromatic N) is 3. The van der Waals surface area contributed by atoms with Crippen LogP contribution in [0, 0.1) is 6.92 Å². The molecule has 7 heteroatoms. The predicted molar refractivity (Wildman–Crippen MR) is 94.9 cm³/mol. The fourth-order valence-electron chi connectivity index (χ4n) is 2.77. The first-order valence-corrected chi connectivity index (χ1v) is 8.00. The number of aryl methyl sites for hydroxylation is 1. The van der Waals surface area contributed by atoms with Crippen LogP contribution in [0.25, 0.3) is 0 Å². The monoisotopic (exact) mass is 340 g/mol. The summed E-state index contributed by atoms with van der Waals surface area (Å²) in [5.74, 6) is 0.845. The lowest BCUT2D eigenvalue weighted by atomic mass is 10.2. The SMILES string of the molecule is COc1ccccc1N1CCN(CC(=O)Nc2cc(C)ccn2)C1=O. The van der Waals surface area contributed by atoms with Gasteiger partial charge in [0.05, 0.1) is 12.8 Å². The van der Waals surface area contributed by atoms with Crippen LogP contribution in [-0.2, 0) is 4.79 Å². The molecule has 3 amide bonds. The number of anilines is 2. The van der Waals surface area contributed by atoms with Gasteiger partial charge in [0, 0.05) is 19.3 Å². The molecule has 0 radical (unpaired) electrons. The molecule has 0 bridgehead atoms. The van der Waals surface area contributed by atoms with E-state index in [1.807, 2.05) is 31.2 Å². The summed E-state index contributed by atoms with van der Waals surface area (Å²) in [6, 6.07) is 10.8. The van der Waals surface area contributed by atoms with E-state index >= 15 is 0 Å². The van der Waals surface area contributed by atoms with Crippen molar-refractivity contribution in [1.82, 2.24) is 9.88 Å². The minimum Gasteiger partial charge on any atom is -0.495 e. The zero-order valence-electron chi connectivity index (χ0n) is 14.2. The van der Waals surface area contributed by atoms with E-state index in [2.05, 4.69) is 10.3 Å². The van der Waals surface area contributed by atoms with Gasteiger partial charge in [0.1, 0.15) is 18.1 Å². The van der Waals surface area contributed by atoms with Crippen LogP contribution in [0.15, 0.2) is 42.6 Å². The van der Waals surface area contributed by atoms with Gasteiger partial charge in [-0.3, -0.25) is 9.69 Å². The molecule has 2 heterocycles. The van der Waals surface area contributed by atoms with Crippen molar-refractivity contribution in [2.75, 3.05) is 37.0 Å². The Labute approximate surface area is 146 Å². The quantitative estimate of drug-likeness (QED) is 0.906. The van der Waals surface area contributed by atoms with E-state index in [1.54, 1.807) is 30.3 Å². The van der Waals surface area contributed by atoms with Gasteiger partial charge in [-0.15, -0.1) is 0 Å². The highest BCUT2D eigenvalue weighted by atomic mass is 16.5.